The fourth-order valence-corrected chi connectivity index (χ4v) is 2.34. The van der Waals surface area contributed by atoms with Crippen molar-refractivity contribution in [3.63, 3.8) is 0 Å². The Bertz CT molecular complexity index is 838. The van der Waals surface area contributed by atoms with Crippen molar-refractivity contribution in [2.24, 2.45) is 0 Å². The van der Waals surface area contributed by atoms with Crippen LogP contribution >= 0.6 is 0 Å². The zero-order valence-electron chi connectivity index (χ0n) is 13.6. The van der Waals surface area contributed by atoms with Crippen LogP contribution in [0.25, 0.3) is 5.82 Å². The molecule has 8 heteroatoms. The second kappa shape index (κ2) is 7.03. The van der Waals surface area contributed by atoms with E-state index in [9.17, 15) is 4.79 Å². The lowest BCUT2D eigenvalue weighted by atomic mass is 10.2. The summed E-state index contributed by atoms with van der Waals surface area (Å²) < 4.78 is 6.86. The Kier molecular flexibility index (Phi) is 4.64. The first kappa shape index (κ1) is 15.9. The number of pyridine rings is 1. The molecule has 0 spiro atoms. The second-order valence-electron chi connectivity index (χ2n) is 5.36. The Hall–Kier alpha value is -3.03. The van der Waals surface area contributed by atoms with Crippen molar-refractivity contribution in [3.05, 3.63) is 48.3 Å². The summed E-state index contributed by atoms with van der Waals surface area (Å²) in [7, 11) is 0. The number of nitrogens with zero attached hydrogens (tertiary/aromatic N) is 5. The first-order valence-corrected chi connectivity index (χ1v) is 7.68. The maximum atomic E-state index is 12.2. The summed E-state index contributed by atoms with van der Waals surface area (Å²) in [5.41, 5.74) is 0.650. The molecule has 0 aromatic carbocycles. The van der Waals surface area contributed by atoms with Crippen LogP contribution in [0.2, 0.25) is 0 Å². The van der Waals surface area contributed by atoms with Gasteiger partial charge in [-0.1, -0.05) is 5.16 Å². The van der Waals surface area contributed by atoms with Gasteiger partial charge in [-0.15, -0.1) is 0 Å². The minimum atomic E-state index is -0.0849. The van der Waals surface area contributed by atoms with Crippen LogP contribution in [0.15, 0.2) is 35.2 Å². The second-order valence-corrected chi connectivity index (χ2v) is 5.36. The number of rotatable bonds is 6. The van der Waals surface area contributed by atoms with Crippen molar-refractivity contribution in [3.8, 4) is 5.82 Å². The number of amides is 1. The number of hydrogen-bond acceptors (Lipinski definition) is 6. The van der Waals surface area contributed by atoms with Crippen LogP contribution in [0, 0.1) is 13.8 Å². The molecule has 124 valence electrons. The van der Waals surface area contributed by atoms with E-state index < -0.39 is 0 Å². The third-order valence-electron chi connectivity index (χ3n) is 3.48. The average molecular weight is 326 g/mol. The van der Waals surface area contributed by atoms with E-state index in [4.69, 9.17) is 4.52 Å². The van der Waals surface area contributed by atoms with E-state index in [1.54, 1.807) is 25.4 Å². The molecule has 0 aliphatic carbocycles. The fraction of sp³-hybridized carbons (Fsp3) is 0.312. The van der Waals surface area contributed by atoms with Gasteiger partial charge in [-0.25, -0.2) is 9.97 Å². The lowest BCUT2D eigenvalue weighted by Gasteiger charge is -2.11. The number of aryl methyl sites for hydroxylation is 3. The Morgan fingerprint density at radius 2 is 2.17 bits per heavy atom. The molecule has 3 aromatic rings. The van der Waals surface area contributed by atoms with Gasteiger partial charge in [-0.3, -0.25) is 9.36 Å². The molecule has 3 aromatic heterocycles. The maximum Gasteiger partial charge on any atom is 0.226 e. The zero-order valence-corrected chi connectivity index (χ0v) is 13.6. The molecule has 0 saturated heterocycles. The molecule has 0 atom stereocenters. The number of carbonyl (C=O) groups is 1. The minimum Gasteiger partial charge on any atom is -0.339 e. The Balaban J connectivity index is 1.61. The number of aromatic nitrogens is 5. The molecule has 0 radical (unpaired) electrons. The number of carbonyl (C=O) groups excluding carboxylic acids is 1. The van der Waals surface area contributed by atoms with E-state index in [0.29, 0.717) is 42.5 Å². The van der Waals surface area contributed by atoms with Crippen LogP contribution in [0.5, 0.6) is 0 Å². The molecular weight excluding hydrogens is 308 g/mol. The Morgan fingerprint density at radius 3 is 2.88 bits per heavy atom. The van der Waals surface area contributed by atoms with Crippen LogP contribution in [-0.4, -0.2) is 30.6 Å². The van der Waals surface area contributed by atoms with E-state index in [-0.39, 0.29) is 5.91 Å². The molecule has 1 N–H and O–H groups in total. The third-order valence-corrected chi connectivity index (χ3v) is 3.48. The highest BCUT2D eigenvalue weighted by atomic mass is 16.5. The van der Waals surface area contributed by atoms with Gasteiger partial charge in [-0.2, -0.15) is 4.98 Å². The summed E-state index contributed by atoms with van der Waals surface area (Å²) in [5, 5.41) is 6.63. The summed E-state index contributed by atoms with van der Waals surface area (Å²) in [6.45, 7) is 3.65. The van der Waals surface area contributed by atoms with Crippen LogP contribution in [0.4, 0.5) is 5.69 Å². The Morgan fingerprint density at radius 1 is 1.29 bits per heavy atom. The number of hydrogen-bond donors (Lipinski definition) is 1. The molecule has 0 unspecified atom stereocenters. The molecular formula is C16H18N6O2. The standard InChI is InChI=1S/C16H18N6O2/c1-11-19-15(24-21-11)7-3-6-14(23)20-13-5-4-8-18-16(13)22-10-9-17-12(22)2/h4-5,8-10H,3,6-7H2,1-2H3,(H,20,23). The maximum absolute atomic E-state index is 12.2. The van der Waals surface area contributed by atoms with E-state index in [1.807, 2.05) is 23.8 Å². The van der Waals surface area contributed by atoms with E-state index in [1.165, 1.54) is 0 Å². The van der Waals surface area contributed by atoms with Crippen molar-refractivity contribution >= 4 is 11.6 Å². The van der Waals surface area contributed by atoms with Gasteiger partial charge in [0, 0.05) is 31.4 Å². The SMILES string of the molecule is Cc1noc(CCCC(=O)Nc2cccnc2-n2ccnc2C)n1. The van der Waals surface area contributed by atoms with Crippen molar-refractivity contribution in [1.82, 2.24) is 24.7 Å². The molecule has 8 nitrogen and oxygen atoms in total. The average Bonchev–Trinajstić information content (AvgIpc) is 3.16. The lowest BCUT2D eigenvalue weighted by molar-refractivity contribution is -0.116. The molecule has 3 heterocycles. The van der Waals surface area contributed by atoms with Gasteiger partial charge in [-0.05, 0) is 32.4 Å². The smallest absolute Gasteiger partial charge is 0.226 e. The predicted octanol–water partition coefficient (Wildman–Crippen LogP) is 2.23. The first-order valence-electron chi connectivity index (χ1n) is 7.68. The van der Waals surface area contributed by atoms with Crippen LogP contribution < -0.4 is 5.32 Å². The fourth-order valence-electron chi connectivity index (χ4n) is 2.34. The van der Waals surface area contributed by atoms with Gasteiger partial charge in [0.15, 0.2) is 11.6 Å². The van der Waals surface area contributed by atoms with E-state index >= 15 is 0 Å². The zero-order chi connectivity index (χ0) is 16.9. The summed E-state index contributed by atoms with van der Waals surface area (Å²) >= 11 is 0. The first-order chi connectivity index (χ1) is 11.6. The molecule has 0 fully saturated rings. The predicted molar refractivity (Wildman–Crippen MR) is 86.7 cm³/mol. The van der Waals surface area contributed by atoms with Crippen molar-refractivity contribution < 1.29 is 9.32 Å². The Labute approximate surface area is 138 Å². The summed E-state index contributed by atoms with van der Waals surface area (Å²) in [6, 6.07) is 3.60. The van der Waals surface area contributed by atoms with Gasteiger partial charge >= 0.3 is 0 Å². The molecule has 3 rings (SSSR count). The van der Waals surface area contributed by atoms with Crippen LogP contribution in [-0.2, 0) is 11.2 Å². The topological polar surface area (TPSA) is 98.7 Å². The molecule has 0 saturated carbocycles. The molecule has 0 aliphatic heterocycles. The van der Waals surface area contributed by atoms with Gasteiger partial charge in [0.25, 0.3) is 0 Å². The lowest BCUT2D eigenvalue weighted by Crippen LogP contribution is -2.14. The van der Waals surface area contributed by atoms with Crippen molar-refractivity contribution in [2.75, 3.05) is 5.32 Å². The summed E-state index contributed by atoms with van der Waals surface area (Å²) in [5.74, 6) is 2.52. The van der Waals surface area contributed by atoms with Gasteiger partial charge < -0.3 is 9.84 Å². The molecule has 0 bridgehead atoms. The highest BCUT2D eigenvalue weighted by Gasteiger charge is 2.11. The van der Waals surface area contributed by atoms with Crippen LogP contribution in [0.1, 0.15) is 30.4 Å². The quantitative estimate of drug-likeness (QED) is 0.746. The molecule has 1 amide bonds. The molecule has 0 aliphatic rings. The van der Waals surface area contributed by atoms with Crippen molar-refractivity contribution in [2.45, 2.75) is 33.1 Å². The number of nitrogens with one attached hydrogen (secondary N) is 1. The van der Waals surface area contributed by atoms with Gasteiger partial charge in [0.05, 0.1) is 5.69 Å². The normalized spacial score (nSPS) is 10.8. The van der Waals surface area contributed by atoms with E-state index in [2.05, 4.69) is 25.4 Å². The monoisotopic (exact) mass is 326 g/mol. The highest BCUT2D eigenvalue weighted by molar-refractivity contribution is 5.92. The number of imidazole rings is 1. The summed E-state index contributed by atoms with van der Waals surface area (Å²) in [6.07, 6.45) is 6.76. The highest BCUT2D eigenvalue weighted by Crippen LogP contribution is 2.19. The summed E-state index contributed by atoms with van der Waals surface area (Å²) in [4.78, 5) is 24.8. The largest absolute Gasteiger partial charge is 0.339 e. The molecule has 24 heavy (non-hydrogen) atoms. The third kappa shape index (κ3) is 3.65. The van der Waals surface area contributed by atoms with E-state index in [0.717, 1.165) is 5.82 Å². The number of anilines is 1. The van der Waals surface area contributed by atoms with Gasteiger partial charge in [0.2, 0.25) is 11.8 Å². The minimum absolute atomic E-state index is 0.0849. The van der Waals surface area contributed by atoms with Crippen molar-refractivity contribution in [1.29, 1.82) is 0 Å². The van der Waals surface area contributed by atoms with Crippen LogP contribution in [0.3, 0.4) is 0 Å². The van der Waals surface area contributed by atoms with Gasteiger partial charge in [0.1, 0.15) is 5.82 Å².